The first-order valence-electron chi connectivity index (χ1n) is 7.71. The Morgan fingerprint density at radius 2 is 1.90 bits per heavy atom. The zero-order valence-corrected chi connectivity index (χ0v) is 13.3. The quantitative estimate of drug-likeness (QED) is 0.892. The molecule has 0 unspecified atom stereocenters. The fourth-order valence-electron chi connectivity index (χ4n) is 2.79. The maximum absolute atomic E-state index is 9.25. The van der Waals surface area contributed by atoms with E-state index in [4.69, 9.17) is 0 Å². The van der Waals surface area contributed by atoms with E-state index in [1.165, 1.54) is 0 Å². The third kappa shape index (κ3) is 4.16. The second-order valence-corrected chi connectivity index (χ2v) is 5.59. The van der Waals surface area contributed by atoms with Gasteiger partial charge in [-0.2, -0.15) is 5.26 Å². The van der Waals surface area contributed by atoms with Crippen LogP contribution in [0.5, 0.6) is 0 Å². The summed E-state index contributed by atoms with van der Waals surface area (Å²) in [5.74, 6) is 0. The highest BCUT2D eigenvalue weighted by Gasteiger charge is 2.15. The van der Waals surface area contributed by atoms with Crippen LogP contribution in [0.2, 0.25) is 0 Å². The second kappa shape index (κ2) is 7.39. The SMILES string of the molecule is CCN1CCN(CCNc2cc(C)nc(C)c2C#N)CC1. The Hall–Kier alpha value is -1.64. The van der Waals surface area contributed by atoms with Crippen molar-refractivity contribution in [2.45, 2.75) is 20.8 Å². The molecular weight excluding hydrogens is 262 g/mol. The summed E-state index contributed by atoms with van der Waals surface area (Å²) in [6.07, 6.45) is 0. The van der Waals surface area contributed by atoms with E-state index >= 15 is 0 Å². The van der Waals surface area contributed by atoms with Gasteiger partial charge in [-0.1, -0.05) is 6.92 Å². The van der Waals surface area contributed by atoms with Crippen LogP contribution in [0.3, 0.4) is 0 Å². The van der Waals surface area contributed by atoms with Gasteiger partial charge in [0.15, 0.2) is 0 Å². The van der Waals surface area contributed by atoms with E-state index < -0.39 is 0 Å². The lowest BCUT2D eigenvalue weighted by Crippen LogP contribution is -2.47. The van der Waals surface area contributed by atoms with Gasteiger partial charge in [-0.3, -0.25) is 9.88 Å². The molecule has 1 fully saturated rings. The monoisotopic (exact) mass is 287 g/mol. The number of piperazine rings is 1. The lowest BCUT2D eigenvalue weighted by molar-refractivity contribution is 0.141. The van der Waals surface area contributed by atoms with Crippen LogP contribution in [0.25, 0.3) is 0 Å². The number of hydrogen-bond acceptors (Lipinski definition) is 5. The summed E-state index contributed by atoms with van der Waals surface area (Å²) in [6.45, 7) is 13.7. The number of hydrogen-bond donors (Lipinski definition) is 1. The third-order valence-electron chi connectivity index (χ3n) is 4.10. The lowest BCUT2D eigenvalue weighted by atomic mass is 10.1. The molecule has 1 aromatic heterocycles. The zero-order valence-electron chi connectivity index (χ0n) is 13.3. The molecular formula is C16H25N5. The van der Waals surface area contributed by atoms with E-state index in [0.717, 1.165) is 62.9 Å². The maximum atomic E-state index is 9.25. The molecule has 1 aromatic rings. The minimum absolute atomic E-state index is 0.663. The number of aromatic nitrogens is 1. The Bertz CT molecular complexity index is 512. The smallest absolute Gasteiger partial charge is 0.103 e. The molecule has 1 aliphatic rings. The van der Waals surface area contributed by atoms with Gasteiger partial charge >= 0.3 is 0 Å². The maximum Gasteiger partial charge on any atom is 0.103 e. The normalized spacial score (nSPS) is 16.7. The van der Waals surface area contributed by atoms with E-state index in [2.05, 4.69) is 33.1 Å². The molecule has 1 N–H and O–H groups in total. The van der Waals surface area contributed by atoms with Crippen molar-refractivity contribution in [2.75, 3.05) is 51.1 Å². The van der Waals surface area contributed by atoms with Gasteiger partial charge in [-0.05, 0) is 26.5 Å². The molecule has 0 aliphatic carbocycles. The molecule has 0 bridgehead atoms. The number of anilines is 1. The summed E-state index contributed by atoms with van der Waals surface area (Å²) in [5.41, 5.74) is 3.33. The summed E-state index contributed by atoms with van der Waals surface area (Å²) in [4.78, 5) is 9.30. The van der Waals surface area contributed by atoms with Crippen molar-refractivity contribution >= 4 is 5.69 Å². The van der Waals surface area contributed by atoms with Gasteiger partial charge in [0.2, 0.25) is 0 Å². The van der Waals surface area contributed by atoms with Crippen LogP contribution in [-0.2, 0) is 0 Å². The number of rotatable bonds is 5. The standard InChI is InChI=1S/C16H25N5/c1-4-20-7-9-21(10-8-20)6-5-18-16-11-13(2)19-14(3)15(16)12-17/h11H,4-10H2,1-3H3,(H,18,19). The summed E-state index contributed by atoms with van der Waals surface area (Å²) in [7, 11) is 0. The predicted molar refractivity (Wildman–Crippen MR) is 85.5 cm³/mol. The van der Waals surface area contributed by atoms with Crippen LogP contribution < -0.4 is 5.32 Å². The zero-order chi connectivity index (χ0) is 15.2. The first kappa shape index (κ1) is 15.7. The highest BCUT2D eigenvalue weighted by Crippen LogP contribution is 2.18. The van der Waals surface area contributed by atoms with Crippen molar-refractivity contribution < 1.29 is 0 Å². The molecule has 0 amide bonds. The van der Waals surface area contributed by atoms with E-state index in [1.54, 1.807) is 0 Å². The van der Waals surface area contributed by atoms with Crippen molar-refractivity contribution in [3.63, 3.8) is 0 Å². The average molecular weight is 287 g/mol. The number of pyridine rings is 1. The van der Waals surface area contributed by atoms with E-state index in [-0.39, 0.29) is 0 Å². The van der Waals surface area contributed by atoms with Gasteiger partial charge in [0.1, 0.15) is 6.07 Å². The van der Waals surface area contributed by atoms with Gasteiger partial charge in [0.25, 0.3) is 0 Å². The molecule has 5 heteroatoms. The predicted octanol–water partition coefficient (Wildman–Crippen LogP) is 1.62. The molecule has 114 valence electrons. The van der Waals surface area contributed by atoms with E-state index in [9.17, 15) is 5.26 Å². The van der Waals surface area contributed by atoms with Crippen molar-refractivity contribution in [3.8, 4) is 6.07 Å². The molecule has 0 radical (unpaired) electrons. The molecule has 1 saturated heterocycles. The molecule has 2 rings (SSSR count). The lowest BCUT2D eigenvalue weighted by Gasteiger charge is -2.34. The number of nitriles is 1. The third-order valence-corrected chi connectivity index (χ3v) is 4.10. The van der Waals surface area contributed by atoms with Gasteiger partial charge in [-0.15, -0.1) is 0 Å². The minimum atomic E-state index is 0.663. The Labute approximate surface area is 127 Å². The van der Waals surface area contributed by atoms with Gasteiger partial charge in [-0.25, -0.2) is 0 Å². The summed E-state index contributed by atoms with van der Waals surface area (Å²) >= 11 is 0. The fraction of sp³-hybridized carbons (Fsp3) is 0.625. The van der Waals surface area contributed by atoms with Crippen LogP contribution >= 0.6 is 0 Å². The number of nitrogens with zero attached hydrogens (tertiary/aromatic N) is 4. The van der Waals surface area contributed by atoms with Gasteiger partial charge < -0.3 is 10.2 Å². The van der Waals surface area contributed by atoms with E-state index in [1.807, 2.05) is 19.9 Å². The highest BCUT2D eigenvalue weighted by atomic mass is 15.3. The molecule has 5 nitrogen and oxygen atoms in total. The molecule has 1 aliphatic heterocycles. The Morgan fingerprint density at radius 3 is 2.52 bits per heavy atom. The molecule has 21 heavy (non-hydrogen) atoms. The summed E-state index contributed by atoms with van der Waals surface area (Å²) in [5, 5.41) is 12.6. The van der Waals surface area contributed by atoms with E-state index in [0.29, 0.717) is 5.56 Å². The van der Waals surface area contributed by atoms with Crippen molar-refractivity contribution in [3.05, 3.63) is 23.0 Å². The Kier molecular flexibility index (Phi) is 5.54. The molecule has 0 aromatic carbocycles. The van der Waals surface area contributed by atoms with Crippen LogP contribution in [0.4, 0.5) is 5.69 Å². The van der Waals surface area contributed by atoms with Crippen LogP contribution in [0.1, 0.15) is 23.9 Å². The van der Waals surface area contributed by atoms with Crippen molar-refractivity contribution in [2.24, 2.45) is 0 Å². The minimum Gasteiger partial charge on any atom is -0.383 e. The largest absolute Gasteiger partial charge is 0.383 e. The van der Waals surface area contributed by atoms with Crippen molar-refractivity contribution in [1.82, 2.24) is 14.8 Å². The molecule has 2 heterocycles. The fourth-order valence-corrected chi connectivity index (χ4v) is 2.79. The first-order chi connectivity index (χ1) is 10.1. The van der Waals surface area contributed by atoms with Gasteiger partial charge in [0.05, 0.1) is 16.9 Å². The molecule has 0 spiro atoms. The van der Waals surface area contributed by atoms with Crippen LogP contribution in [0, 0.1) is 25.2 Å². The number of nitrogens with one attached hydrogen (secondary N) is 1. The Balaban J connectivity index is 1.86. The topological polar surface area (TPSA) is 55.2 Å². The first-order valence-corrected chi connectivity index (χ1v) is 7.71. The second-order valence-electron chi connectivity index (χ2n) is 5.59. The average Bonchev–Trinajstić information content (AvgIpc) is 2.47. The van der Waals surface area contributed by atoms with Gasteiger partial charge in [0, 0.05) is 45.0 Å². The molecule has 0 saturated carbocycles. The Morgan fingerprint density at radius 1 is 1.24 bits per heavy atom. The van der Waals surface area contributed by atoms with Crippen LogP contribution in [0.15, 0.2) is 6.07 Å². The van der Waals surface area contributed by atoms with Crippen LogP contribution in [-0.4, -0.2) is 60.6 Å². The number of aryl methyl sites for hydroxylation is 2. The number of likely N-dealkylation sites (N-methyl/N-ethyl adjacent to an activating group) is 1. The highest BCUT2D eigenvalue weighted by molar-refractivity contribution is 5.59. The molecule has 0 atom stereocenters. The summed E-state index contributed by atoms with van der Waals surface area (Å²) < 4.78 is 0. The summed E-state index contributed by atoms with van der Waals surface area (Å²) in [6, 6.07) is 4.21. The van der Waals surface area contributed by atoms with Crippen molar-refractivity contribution in [1.29, 1.82) is 5.26 Å².